The molecule has 0 bridgehead atoms. The minimum absolute atomic E-state index is 0.0641. The van der Waals surface area contributed by atoms with Gasteiger partial charge in [0.1, 0.15) is 0 Å². The number of nitrogens with zero attached hydrogens (tertiary/aromatic N) is 2. The second-order valence-corrected chi connectivity index (χ2v) is 6.19. The molecule has 2 amide bonds. The van der Waals surface area contributed by atoms with Crippen molar-refractivity contribution in [1.29, 1.82) is 0 Å². The van der Waals surface area contributed by atoms with E-state index in [1.54, 1.807) is 7.11 Å². The topological polar surface area (TPSA) is 44.8 Å². The molecule has 1 aromatic rings. The minimum atomic E-state index is 0.0641. The summed E-state index contributed by atoms with van der Waals surface area (Å²) in [6, 6.07) is 10.8. The fraction of sp³-hybridized carbons (Fsp3) is 0.611. The van der Waals surface area contributed by atoms with Crippen molar-refractivity contribution >= 4 is 6.03 Å². The van der Waals surface area contributed by atoms with Gasteiger partial charge in [0.25, 0.3) is 0 Å². The molecular weight excluding hydrogens is 290 g/mol. The van der Waals surface area contributed by atoms with Gasteiger partial charge in [-0.1, -0.05) is 30.3 Å². The van der Waals surface area contributed by atoms with Gasteiger partial charge in [0, 0.05) is 52.5 Å². The summed E-state index contributed by atoms with van der Waals surface area (Å²) in [5.74, 6) is 0. The highest BCUT2D eigenvalue weighted by Gasteiger charge is 2.26. The number of urea groups is 1. The van der Waals surface area contributed by atoms with Gasteiger partial charge >= 0.3 is 6.03 Å². The predicted molar refractivity (Wildman–Crippen MR) is 92.4 cm³/mol. The van der Waals surface area contributed by atoms with E-state index in [0.717, 1.165) is 52.2 Å². The molecule has 0 aliphatic carbocycles. The standard InChI is InChI=1S/C18H29N3O2/c1-16-14-20(15-17-8-4-3-5-9-17)11-12-21(16)18(22)19-10-6-7-13-23-2/h3-5,8-9,16H,6-7,10-15H2,1-2H3,(H,19,22)/t16-/m1/s1. The highest BCUT2D eigenvalue weighted by Crippen LogP contribution is 2.13. The van der Waals surface area contributed by atoms with E-state index in [9.17, 15) is 4.79 Å². The summed E-state index contributed by atoms with van der Waals surface area (Å²) in [5.41, 5.74) is 1.33. The number of benzene rings is 1. The van der Waals surface area contributed by atoms with Crippen LogP contribution in [0.15, 0.2) is 30.3 Å². The van der Waals surface area contributed by atoms with Gasteiger partial charge in [-0.3, -0.25) is 4.90 Å². The molecule has 0 aromatic heterocycles. The lowest BCUT2D eigenvalue weighted by Gasteiger charge is -2.39. The van der Waals surface area contributed by atoms with Crippen LogP contribution in [0, 0.1) is 0 Å². The zero-order valence-electron chi connectivity index (χ0n) is 14.3. The summed E-state index contributed by atoms with van der Waals surface area (Å²) in [6.07, 6.45) is 1.94. The second kappa shape index (κ2) is 9.53. The third-order valence-corrected chi connectivity index (χ3v) is 4.27. The number of rotatable bonds is 7. The van der Waals surface area contributed by atoms with Crippen molar-refractivity contribution in [3.8, 4) is 0 Å². The maximum Gasteiger partial charge on any atom is 0.317 e. The average molecular weight is 319 g/mol. The summed E-state index contributed by atoms with van der Waals surface area (Å²) in [4.78, 5) is 16.6. The zero-order chi connectivity index (χ0) is 16.5. The molecule has 5 heteroatoms. The number of carbonyl (C=O) groups excluding carboxylic acids is 1. The molecular formula is C18H29N3O2. The number of nitrogens with one attached hydrogen (secondary N) is 1. The molecule has 1 atom stereocenters. The van der Waals surface area contributed by atoms with Crippen molar-refractivity contribution in [2.75, 3.05) is 39.9 Å². The molecule has 1 saturated heterocycles. The monoisotopic (exact) mass is 319 g/mol. The van der Waals surface area contributed by atoms with Crippen molar-refractivity contribution in [2.45, 2.75) is 32.4 Å². The Hall–Kier alpha value is -1.59. The lowest BCUT2D eigenvalue weighted by atomic mass is 10.1. The molecule has 1 N–H and O–H groups in total. The Morgan fingerprint density at radius 2 is 2.04 bits per heavy atom. The SMILES string of the molecule is COCCCCNC(=O)N1CCN(Cc2ccccc2)C[C@H]1C. The van der Waals surface area contributed by atoms with E-state index in [-0.39, 0.29) is 12.1 Å². The summed E-state index contributed by atoms with van der Waals surface area (Å²) < 4.78 is 5.01. The lowest BCUT2D eigenvalue weighted by molar-refractivity contribution is 0.0974. The summed E-state index contributed by atoms with van der Waals surface area (Å²) in [7, 11) is 1.70. The highest BCUT2D eigenvalue weighted by atomic mass is 16.5. The Kier molecular flexibility index (Phi) is 7.36. The van der Waals surface area contributed by atoms with Gasteiger partial charge < -0.3 is 15.0 Å². The largest absolute Gasteiger partial charge is 0.385 e. The van der Waals surface area contributed by atoms with Crippen molar-refractivity contribution in [1.82, 2.24) is 15.1 Å². The first-order valence-corrected chi connectivity index (χ1v) is 8.50. The van der Waals surface area contributed by atoms with Gasteiger partial charge in [-0.15, -0.1) is 0 Å². The van der Waals surface area contributed by atoms with Crippen LogP contribution in [0.1, 0.15) is 25.3 Å². The summed E-state index contributed by atoms with van der Waals surface area (Å²) in [5, 5.41) is 3.02. The number of hydrogen-bond donors (Lipinski definition) is 1. The van der Waals surface area contributed by atoms with E-state index in [1.165, 1.54) is 5.56 Å². The zero-order valence-corrected chi connectivity index (χ0v) is 14.3. The second-order valence-electron chi connectivity index (χ2n) is 6.19. The molecule has 0 spiro atoms. The molecule has 1 heterocycles. The number of amides is 2. The number of unbranched alkanes of at least 4 members (excludes halogenated alkanes) is 1. The number of methoxy groups -OCH3 is 1. The van der Waals surface area contributed by atoms with E-state index in [0.29, 0.717) is 0 Å². The van der Waals surface area contributed by atoms with Crippen LogP contribution in [0.2, 0.25) is 0 Å². The molecule has 1 aliphatic rings. The minimum Gasteiger partial charge on any atom is -0.385 e. The highest BCUT2D eigenvalue weighted by molar-refractivity contribution is 5.74. The third kappa shape index (κ3) is 5.84. The smallest absolute Gasteiger partial charge is 0.317 e. The fourth-order valence-electron chi connectivity index (χ4n) is 2.99. The quantitative estimate of drug-likeness (QED) is 0.785. The van der Waals surface area contributed by atoms with Gasteiger partial charge in [0.2, 0.25) is 0 Å². The lowest BCUT2D eigenvalue weighted by Crippen LogP contribution is -2.56. The molecule has 128 valence electrons. The van der Waals surface area contributed by atoms with Crippen LogP contribution < -0.4 is 5.32 Å². The molecule has 1 fully saturated rings. The Morgan fingerprint density at radius 3 is 2.74 bits per heavy atom. The number of carbonyl (C=O) groups is 1. The fourth-order valence-corrected chi connectivity index (χ4v) is 2.99. The summed E-state index contributed by atoms with van der Waals surface area (Å²) in [6.45, 7) is 7.20. The van der Waals surface area contributed by atoms with Crippen LogP contribution in [0.4, 0.5) is 4.79 Å². The first kappa shape index (κ1) is 17.8. The molecule has 23 heavy (non-hydrogen) atoms. The maximum atomic E-state index is 12.3. The Labute approximate surface area is 139 Å². The van der Waals surface area contributed by atoms with E-state index < -0.39 is 0 Å². The van der Waals surface area contributed by atoms with Gasteiger partial charge in [-0.25, -0.2) is 4.79 Å². The van der Waals surface area contributed by atoms with Crippen molar-refractivity contribution in [3.63, 3.8) is 0 Å². The Morgan fingerprint density at radius 1 is 1.26 bits per heavy atom. The van der Waals surface area contributed by atoms with Crippen molar-refractivity contribution in [2.24, 2.45) is 0 Å². The molecule has 0 unspecified atom stereocenters. The van der Waals surface area contributed by atoms with Crippen LogP contribution >= 0.6 is 0 Å². The Balaban J connectivity index is 1.72. The molecule has 5 nitrogen and oxygen atoms in total. The normalized spacial score (nSPS) is 18.9. The van der Waals surface area contributed by atoms with Crippen molar-refractivity contribution < 1.29 is 9.53 Å². The predicted octanol–water partition coefficient (Wildman–Crippen LogP) is 2.33. The first-order valence-electron chi connectivity index (χ1n) is 8.50. The number of hydrogen-bond acceptors (Lipinski definition) is 3. The number of ether oxygens (including phenoxy) is 1. The van der Waals surface area contributed by atoms with Crippen LogP contribution in [0.3, 0.4) is 0 Å². The number of piperazine rings is 1. The van der Waals surface area contributed by atoms with E-state index in [1.807, 2.05) is 11.0 Å². The van der Waals surface area contributed by atoms with Crippen LogP contribution in [0.5, 0.6) is 0 Å². The average Bonchev–Trinajstić information content (AvgIpc) is 2.55. The maximum absolute atomic E-state index is 12.3. The van der Waals surface area contributed by atoms with Gasteiger partial charge in [0.15, 0.2) is 0 Å². The third-order valence-electron chi connectivity index (χ3n) is 4.27. The van der Waals surface area contributed by atoms with Gasteiger partial charge in [-0.05, 0) is 25.3 Å². The molecule has 2 rings (SSSR count). The van der Waals surface area contributed by atoms with Gasteiger partial charge in [0.05, 0.1) is 0 Å². The Bertz CT molecular complexity index is 467. The molecule has 0 saturated carbocycles. The molecule has 0 radical (unpaired) electrons. The molecule has 1 aliphatic heterocycles. The van der Waals surface area contributed by atoms with E-state index in [4.69, 9.17) is 4.74 Å². The molecule has 1 aromatic carbocycles. The van der Waals surface area contributed by atoms with Crippen molar-refractivity contribution in [3.05, 3.63) is 35.9 Å². The van der Waals surface area contributed by atoms with E-state index in [2.05, 4.69) is 41.4 Å². The van der Waals surface area contributed by atoms with Gasteiger partial charge in [-0.2, -0.15) is 0 Å². The summed E-state index contributed by atoms with van der Waals surface area (Å²) >= 11 is 0. The van der Waals surface area contributed by atoms with Crippen LogP contribution in [0.25, 0.3) is 0 Å². The first-order chi connectivity index (χ1) is 11.2. The van der Waals surface area contributed by atoms with Crippen LogP contribution in [-0.2, 0) is 11.3 Å². The van der Waals surface area contributed by atoms with Crippen LogP contribution in [-0.4, -0.2) is 61.8 Å². The van der Waals surface area contributed by atoms with E-state index >= 15 is 0 Å².